The number of carbonyl (C=O) groups excluding carboxylic acids is 2. The minimum atomic E-state index is -0.750. The van der Waals surface area contributed by atoms with Gasteiger partial charge in [0.05, 0.1) is 7.11 Å². The number of carbonyl (C=O) groups is 2. The molecular formula is C16H15BrN2O3. The highest BCUT2D eigenvalue weighted by molar-refractivity contribution is 9.10. The van der Waals surface area contributed by atoms with E-state index in [2.05, 4.69) is 26.2 Å². The predicted octanol–water partition coefficient (Wildman–Crippen LogP) is 2.36. The molecule has 1 N–H and O–H groups in total. The van der Waals surface area contributed by atoms with Crippen molar-refractivity contribution in [3.63, 3.8) is 0 Å². The molecular weight excluding hydrogens is 348 g/mol. The van der Waals surface area contributed by atoms with Crippen LogP contribution in [0.4, 0.5) is 0 Å². The second-order valence-electron chi connectivity index (χ2n) is 4.62. The summed E-state index contributed by atoms with van der Waals surface area (Å²) in [5.41, 5.74) is 1.36. The number of halogens is 1. The lowest BCUT2D eigenvalue weighted by Crippen LogP contribution is -2.43. The van der Waals surface area contributed by atoms with Crippen molar-refractivity contribution in [2.45, 2.75) is 12.5 Å². The first-order valence-corrected chi connectivity index (χ1v) is 7.42. The van der Waals surface area contributed by atoms with Gasteiger partial charge in [-0.1, -0.05) is 28.1 Å². The Bertz CT molecular complexity index is 661. The molecule has 1 atom stereocenters. The van der Waals surface area contributed by atoms with Crippen LogP contribution in [0.1, 0.15) is 15.9 Å². The minimum Gasteiger partial charge on any atom is -0.467 e. The van der Waals surface area contributed by atoms with Crippen LogP contribution in [-0.2, 0) is 16.0 Å². The Kier molecular flexibility index (Phi) is 5.66. The Balaban J connectivity index is 2.13. The first-order valence-electron chi connectivity index (χ1n) is 6.63. The van der Waals surface area contributed by atoms with Gasteiger partial charge in [-0.15, -0.1) is 0 Å². The van der Waals surface area contributed by atoms with Crippen molar-refractivity contribution in [1.29, 1.82) is 0 Å². The molecule has 1 heterocycles. The number of nitrogens with zero attached hydrogens (tertiary/aromatic N) is 1. The van der Waals surface area contributed by atoms with Gasteiger partial charge in [0.25, 0.3) is 5.91 Å². The van der Waals surface area contributed by atoms with Crippen molar-refractivity contribution < 1.29 is 14.3 Å². The van der Waals surface area contributed by atoms with Crippen molar-refractivity contribution in [2.75, 3.05) is 7.11 Å². The van der Waals surface area contributed by atoms with Gasteiger partial charge in [-0.3, -0.25) is 9.78 Å². The molecule has 6 heteroatoms. The Labute approximate surface area is 136 Å². The SMILES string of the molecule is COC(=O)[C@@H](Cc1cccc(Br)c1)NC(=O)c1ccncc1. The molecule has 0 bridgehead atoms. The number of ether oxygens (including phenoxy) is 1. The molecule has 114 valence electrons. The van der Waals surface area contributed by atoms with Gasteiger partial charge in [0.15, 0.2) is 0 Å². The highest BCUT2D eigenvalue weighted by atomic mass is 79.9. The first-order chi connectivity index (χ1) is 10.6. The topological polar surface area (TPSA) is 68.3 Å². The number of methoxy groups -OCH3 is 1. The van der Waals surface area contributed by atoms with Gasteiger partial charge in [0.1, 0.15) is 6.04 Å². The number of rotatable bonds is 5. The monoisotopic (exact) mass is 362 g/mol. The van der Waals surface area contributed by atoms with Crippen molar-refractivity contribution in [3.8, 4) is 0 Å². The van der Waals surface area contributed by atoms with Gasteiger partial charge in [0.2, 0.25) is 0 Å². The molecule has 5 nitrogen and oxygen atoms in total. The van der Waals surface area contributed by atoms with E-state index in [1.807, 2.05) is 24.3 Å². The number of hydrogen-bond donors (Lipinski definition) is 1. The minimum absolute atomic E-state index is 0.340. The van der Waals surface area contributed by atoms with Gasteiger partial charge in [-0.25, -0.2) is 4.79 Å². The Morgan fingerprint density at radius 1 is 1.27 bits per heavy atom. The molecule has 1 amide bonds. The molecule has 0 unspecified atom stereocenters. The molecule has 0 radical (unpaired) electrons. The number of amides is 1. The zero-order valence-electron chi connectivity index (χ0n) is 12.0. The average Bonchev–Trinajstić information content (AvgIpc) is 2.54. The summed E-state index contributed by atoms with van der Waals surface area (Å²) in [7, 11) is 1.30. The summed E-state index contributed by atoms with van der Waals surface area (Å²) in [4.78, 5) is 27.9. The highest BCUT2D eigenvalue weighted by Crippen LogP contribution is 2.14. The van der Waals surface area contributed by atoms with Crippen LogP contribution in [0.25, 0.3) is 0 Å². The van der Waals surface area contributed by atoms with E-state index >= 15 is 0 Å². The second-order valence-corrected chi connectivity index (χ2v) is 5.53. The highest BCUT2D eigenvalue weighted by Gasteiger charge is 2.22. The van der Waals surface area contributed by atoms with Crippen LogP contribution >= 0.6 is 15.9 Å². The van der Waals surface area contributed by atoms with Gasteiger partial charge >= 0.3 is 5.97 Å². The third-order valence-electron chi connectivity index (χ3n) is 3.06. The fraction of sp³-hybridized carbons (Fsp3) is 0.188. The van der Waals surface area contributed by atoms with Crippen LogP contribution in [0, 0.1) is 0 Å². The average molecular weight is 363 g/mol. The number of pyridine rings is 1. The van der Waals surface area contributed by atoms with E-state index in [-0.39, 0.29) is 5.91 Å². The first kappa shape index (κ1) is 16.2. The number of hydrogen-bond acceptors (Lipinski definition) is 4. The lowest BCUT2D eigenvalue weighted by Gasteiger charge is -2.16. The maximum Gasteiger partial charge on any atom is 0.328 e. The van der Waals surface area contributed by atoms with Crippen LogP contribution in [0.5, 0.6) is 0 Å². The van der Waals surface area contributed by atoms with Crippen LogP contribution in [0.3, 0.4) is 0 Å². The summed E-state index contributed by atoms with van der Waals surface area (Å²) in [6, 6.07) is 9.98. The fourth-order valence-electron chi connectivity index (χ4n) is 1.98. The van der Waals surface area contributed by atoms with E-state index in [0.29, 0.717) is 12.0 Å². The Morgan fingerprint density at radius 2 is 2.00 bits per heavy atom. The maximum atomic E-state index is 12.2. The molecule has 1 aromatic heterocycles. The molecule has 0 fully saturated rings. The van der Waals surface area contributed by atoms with E-state index in [4.69, 9.17) is 4.74 Å². The van der Waals surface area contributed by atoms with Crippen molar-refractivity contribution in [1.82, 2.24) is 10.3 Å². The zero-order valence-corrected chi connectivity index (χ0v) is 13.5. The van der Waals surface area contributed by atoms with Gasteiger partial charge < -0.3 is 10.1 Å². The summed E-state index contributed by atoms with van der Waals surface area (Å²) in [5, 5.41) is 2.70. The summed E-state index contributed by atoms with van der Waals surface area (Å²) >= 11 is 3.38. The quantitative estimate of drug-likeness (QED) is 0.829. The smallest absolute Gasteiger partial charge is 0.328 e. The number of aromatic nitrogens is 1. The molecule has 0 saturated carbocycles. The van der Waals surface area contributed by atoms with Crippen molar-refractivity contribution in [3.05, 3.63) is 64.4 Å². The standard InChI is InChI=1S/C16H15BrN2O3/c1-22-16(21)14(10-11-3-2-4-13(17)9-11)19-15(20)12-5-7-18-8-6-12/h2-9,14H,10H2,1H3,(H,19,20)/t14-/m1/s1. The number of esters is 1. The number of nitrogens with one attached hydrogen (secondary N) is 1. The third-order valence-corrected chi connectivity index (χ3v) is 3.56. The molecule has 0 aliphatic rings. The predicted molar refractivity (Wildman–Crippen MR) is 85.4 cm³/mol. The van der Waals surface area contributed by atoms with E-state index < -0.39 is 12.0 Å². The molecule has 0 aliphatic carbocycles. The molecule has 0 saturated heterocycles. The van der Waals surface area contributed by atoms with Gasteiger partial charge in [-0.05, 0) is 29.8 Å². The van der Waals surface area contributed by atoms with Crippen LogP contribution in [-0.4, -0.2) is 30.0 Å². The summed E-state index contributed by atoms with van der Waals surface area (Å²) < 4.78 is 5.69. The summed E-state index contributed by atoms with van der Waals surface area (Å²) in [6.07, 6.45) is 3.40. The van der Waals surface area contributed by atoms with Crippen LogP contribution in [0.15, 0.2) is 53.3 Å². The lowest BCUT2D eigenvalue weighted by atomic mass is 10.1. The van der Waals surface area contributed by atoms with E-state index in [0.717, 1.165) is 10.0 Å². The van der Waals surface area contributed by atoms with E-state index in [1.165, 1.54) is 19.5 Å². The van der Waals surface area contributed by atoms with Crippen LogP contribution < -0.4 is 5.32 Å². The second kappa shape index (κ2) is 7.70. The largest absolute Gasteiger partial charge is 0.467 e. The molecule has 2 aromatic rings. The molecule has 0 aliphatic heterocycles. The third kappa shape index (κ3) is 4.39. The van der Waals surface area contributed by atoms with E-state index in [1.54, 1.807) is 12.1 Å². The van der Waals surface area contributed by atoms with Gasteiger partial charge in [-0.2, -0.15) is 0 Å². The molecule has 2 rings (SSSR count). The van der Waals surface area contributed by atoms with Crippen molar-refractivity contribution >= 4 is 27.8 Å². The fourth-order valence-corrected chi connectivity index (χ4v) is 2.43. The maximum absolute atomic E-state index is 12.2. The normalized spacial score (nSPS) is 11.5. The lowest BCUT2D eigenvalue weighted by molar-refractivity contribution is -0.142. The number of benzene rings is 1. The van der Waals surface area contributed by atoms with Crippen LogP contribution in [0.2, 0.25) is 0 Å². The Hall–Kier alpha value is -2.21. The summed E-state index contributed by atoms with van der Waals surface area (Å²) in [6.45, 7) is 0. The Morgan fingerprint density at radius 3 is 2.64 bits per heavy atom. The molecule has 1 aromatic carbocycles. The van der Waals surface area contributed by atoms with Gasteiger partial charge in [0, 0.05) is 28.9 Å². The van der Waals surface area contributed by atoms with Crippen molar-refractivity contribution in [2.24, 2.45) is 0 Å². The molecule has 22 heavy (non-hydrogen) atoms. The van der Waals surface area contributed by atoms with E-state index in [9.17, 15) is 9.59 Å². The zero-order chi connectivity index (χ0) is 15.9. The summed E-state index contributed by atoms with van der Waals surface area (Å²) in [5.74, 6) is -0.824. The molecule has 0 spiro atoms.